The van der Waals surface area contributed by atoms with Crippen molar-refractivity contribution in [2.45, 2.75) is 39.2 Å². The van der Waals surface area contributed by atoms with Crippen LogP contribution in [0.4, 0.5) is 4.79 Å². The number of nitrogens with one attached hydrogen (secondary N) is 1. The molecule has 100 valence electrons. The molecule has 0 unspecified atom stereocenters. The Morgan fingerprint density at radius 2 is 1.94 bits per heavy atom. The molecule has 0 spiro atoms. The van der Waals surface area contributed by atoms with Gasteiger partial charge in [-0.1, -0.05) is 0 Å². The van der Waals surface area contributed by atoms with Crippen molar-refractivity contribution in [2.24, 2.45) is 0 Å². The average molecular weight is 247 g/mol. The lowest BCUT2D eigenvalue weighted by atomic mass is 10.2. The van der Waals surface area contributed by atoms with Crippen molar-refractivity contribution in [1.29, 1.82) is 0 Å². The summed E-state index contributed by atoms with van der Waals surface area (Å²) in [5.41, 5.74) is -0.540. The molecule has 0 radical (unpaired) electrons. The van der Waals surface area contributed by atoms with Crippen molar-refractivity contribution in [3.63, 3.8) is 0 Å². The largest absolute Gasteiger partial charge is 0.464 e. The summed E-state index contributed by atoms with van der Waals surface area (Å²) < 4.78 is 9.79. The van der Waals surface area contributed by atoms with E-state index in [0.717, 1.165) is 0 Å². The van der Waals surface area contributed by atoms with Gasteiger partial charge in [-0.2, -0.15) is 0 Å². The Morgan fingerprint density at radius 3 is 2.47 bits per heavy atom. The first-order valence-corrected chi connectivity index (χ1v) is 5.58. The molecule has 0 aromatic carbocycles. The maximum atomic E-state index is 11.2. The summed E-state index contributed by atoms with van der Waals surface area (Å²) in [5.74, 6) is -0.384. The Labute approximate surface area is 101 Å². The maximum Gasteiger partial charge on any atom is 0.407 e. The third kappa shape index (κ3) is 11.0. The van der Waals surface area contributed by atoms with E-state index in [9.17, 15) is 9.59 Å². The van der Waals surface area contributed by atoms with E-state index in [1.165, 1.54) is 0 Å². The summed E-state index contributed by atoms with van der Waals surface area (Å²) in [6.07, 6.45) is 0.0327. The second-order valence-corrected chi connectivity index (χ2v) is 4.48. The molecule has 0 saturated heterocycles. The second kappa shape index (κ2) is 7.89. The fraction of sp³-hybridized carbons (Fsp3) is 0.818. The summed E-state index contributed by atoms with van der Waals surface area (Å²) in [6.45, 7) is 5.57. The number of rotatable bonds is 6. The minimum atomic E-state index is -0.540. The molecular weight excluding hydrogens is 226 g/mol. The van der Waals surface area contributed by atoms with Crippen LogP contribution in [0.1, 0.15) is 33.6 Å². The van der Waals surface area contributed by atoms with Crippen molar-refractivity contribution in [1.82, 2.24) is 5.32 Å². The summed E-state index contributed by atoms with van der Waals surface area (Å²) in [5, 5.41) is 10.9. The van der Waals surface area contributed by atoms with E-state index in [1.54, 1.807) is 20.8 Å². The Bertz CT molecular complexity index is 247. The molecule has 0 aromatic heterocycles. The van der Waals surface area contributed by atoms with E-state index in [2.05, 4.69) is 5.32 Å². The molecule has 6 nitrogen and oxygen atoms in total. The molecule has 2 N–H and O–H groups in total. The van der Waals surface area contributed by atoms with Crippen molar-refractivity contribution in [2.75, 3.05) is 19.8 Å². The van der Waals surface area contributed by atoms with Gasteiger partial charge in [0.25, 0.3) is 0 Å². The predicted octanol–water partition coefficient (Wildman–Crippen LogP) is 0.827. The number of alkyl carbamates (subject to hydrolysis) is 1. The number of carbonyl (C=O) groups excluding carboxylic acids is 2. The summed E-state index contributed by atoms with van der Waals surface area (Å²) in [4.78, 5) is 22.2. The van der Waals surface area contributed by atoms with Crippen LogP contribution in [0.2, 0.25) is 0 Å². The Kier molecular flexibility index (Phi) is 7.29. The van der Waals surface area contributed by atoms with Crippen LogP contribution in [-0.4, -0.2) is 42.5 Å². The smallest absolute Gasteiger partial charge is 0.407 e. The van der Waals surface area contributed by atoms with Crippen LogP contribution < -0.4 is 5.32 Å². The molecule has 6 heteroatoms. The first-order chi connectivity index (χ1) is 7.85. The molecule has 17 heavy (non-hydrogen) atoms. The van der Waals surface area contributed by atoms with Crippen LogP contribution in [0.15, 0.2) is 0 Å². The molecule has 1 amide bonds. The van der Waals surface area contributed by atoms with E-state index in [0.29, 0.717) is 6.42 Å². The van der Waals surface area contributed by atoms with Gasteiger partial charge in [-0.25, -0.2) is 4.79 Å². The summed E-state index contributed by atoms with van der Waals surface area (Å²) in [6, 6.07) is 0. The van der Waals surface area contributed by atoms with Gasteiger partial charge in [0, 0.05) is 13.0 Å². The first-order valence-electron chi connectivity index (χ1n) is 5.58. The molecule has 0 aliphatic heterocycles. The topological polar surface area (TPSA) is 84.9 Å². The minimum absolute atomic E-state index is 0.0364. The standard InChI is InChI=1S/C11H21NO5/c1-11(2,3)17-10(15)12-6-8-16-9(14)5-4-7-13/h13H,4-8H2,1-3H3,(H,12,15). The normalized spacial score (nSPS) is 10.8. The van der Waals surface area contributed by atoms with Crippen molar-refractivity contribution in [3.8, 4) is 0 Å². The molecule has 0 aliphatic carbocycles. The van der Waals surface area contributed by atoms with Crippen molar-refractivity contribution < 1.29 is 24.2 Å². The van der Waals surface area contributed by atoms with Gasteiger partial charge < -0.3 is 19.9 Å². The van der Waals surface area contributed by atoms with Crippen molar-refractivity contribution in [3.05, 3.63) is 0 Å². The predicted molar refractivity (Wildman–Crippen MR) is 61.5 cm³/mol. The average Bonchev–Trinajstić information content (AvgIpc) is 2.19. The zero-order valence-corrected chi connectivity index (χ0v) is 10.6. The number of hydrogen-bond acceptors (Lipinski definition) is 5. The minimum Gasteiger partial charge on any atom is -0.464 e. The van der Waals surface area contributed by atoms with Crippen molar-refractivity contribution >= 4 is 12.1 Å². The third-order valence-corrected chi connectivity index (χ3v) is 1.57. The van der Waals surface area contributed by atoms with Crippen LogP contribution in [0.5, 0.6) is 0 Å². The van der Waals surface area contributed by atoms with Crippen LogP contribution in [0.25, 0.3) is 0 Å². The van der Waals surface area contributed by atoms with Gasteiger partial charge in [-0.15, -0.1) is 0 Å². The lowest BCUT2D eigenvalue weighted by Gasteiger charge is -2.19. The number of ether oxygens (including phenoxy) is 2. The van der Waals surface area contributed by atoms with Gasteiger partial charge in [0.15, 0.2) is 0 Å². The molecule has 0 rings (SSSR count). The number of aliphatic hydroxyl groups excluding tert-OH is 1. The fourth-order valence-electron chi connectivity index (χ4n) is 0.928. The van der Waals surface area contributed by atoms with Crippen LogP contribution in [-0.2, 0) is 14.3 Å². The molecule has 0 atom stereocenters. The number of amides is 1. The Morgan fingerprint density at radius 1 is 1.29 bits per heavy atom. The number of hydrogen-bond donors (Lipinski definition) is 2. The molecule has 0 heterocycles. The summed E-state index contributed by atoms with van der Waals surface area (Å²) in [7, 11) is 0. The van der Waals surface area contributed by atoms with E-state index < -0.39 is 11.7 Å². The fourth-order valence-corrected chi connectivity index (χ4v) is 0.928. The second-order valence-electron chi connectivity index (χ2n) is 4.48. The zero-order valence-electron chi connectivity index (χ0n) is 10.6. The first kappa shape index (κ1) is 15.7. The lowest BCUT2D eigenvalue weighted by molar-refractivity contribution is -0.143. The number of aliphatic hydroxyl groups is 1. The van der Waals surface area contributed by atoms with E-state index in [4.69, 9.17) is 14.6 Å². The molecule has 0 saturated carbocycles. The molecule has 0 aliphatic rings. The van der Waals surface area contributed by atoms with Gasteiger partial charge >= 0.3 is 12.1 Å². The van der Waals surface area contributed by atoms with Crippen LogP contribution in [0.3, 0.4) is 0 Å². The molecule has 0 fully saturated rings. The third-order valence-electron chi connectivity index (χ3n) is 1.57. The Balaban J connectivity index is 3.51. The van der Waals surface area contributed by atoms with Crippen LogP contribution >= 0.6 is 0 Å². The monoisotopic (exact) mass is 247 g/mol. The number of carbonyl (C=O) groups is 2. The van der Waals surface area contributed by atoms with E-state index >= 15 is 0 Å². The van der Waals surface area contributed by atoms with Gasteiger partial charge in [0.1, 0.15) is 12.2 Å². The molecular formula is C11H21NO5. The highest BCUT2D eigenvalue weighted by molar-refractivity contribution is 5.69. The highest BCUT2D eigenvalue weighted by Gasteiger charge is 2.15. The maximum absolute atomic E-state index is 11.2. The number of esters is 1. The van der Waals surface area contributed by atoms with Gasteiger partial charge in [-0.05, 0) is 27.2 Å². The van der Waals surface area contributed by atoms with Gasteiger partial charge in [-0.3, -0.25) is 4.79 Å². The lowest BCUT2D eigenvalue weighted by Crippen LogP contribution is -2.34. The van der Waals surface area contributed by atoms with Crippen LogP contribution in [0, 0.1) is 0 Å². The van der Waals surface area contributed by atoms with E-state index in [1.807, 2.05) is 0 Å². The highest BCUT2D eigenvalue weighted by atomic mass is 16.6. The van der Waals surface area contributed by atoms with Gasteiger partial charge in [0.05, 0.1) is 6.54 Å². The Hall–Kier alpha value is -1.30. The zero-order chi connectivity index (χ0) is 13.3. The molecule has 0 aromatic rings. The molecule has 0 bridgehead atoms. The summed E-state index contributed by atoms with van der Waals surface area (Å²) >= 11 is 0. The highest BCUT2D eigenvalue weighted by Crippen LogP contribution is 2.06. The SMILES string of the molecule is CC(C)(C)OC(=O)NCCOC(=O)CCCO. The van der Waals surface area contributed by atoms with Gasteiger partial charge in [0.2, 0.25) is 0 Å². The quantitative estimate of drug-likeness (QED) is 0.536. The van der Waals surface area contributed by atoms with E-state index in [-0.39, 0.29) is 32.1 Å².